The molecule has 6 nitrogen and oxygen atoms in total. The van der Waals surface area contributed by atoms with E-state index in [1.54, 1.807) is 56.9 Å². The molecule has 0 aliphatic rings. The number of anilines is 1. The Kier molecular flexibility index (Phi) is 7.21. The van der Waals surface area contributed by atoms with Crippen LogP contribution in [0.1, 0.15) is 11.1 Å². The molecule has 0 N–H and O–H groups in total. The quantitative estimate of drug-likeness (QED) is 0.517. The van der Waals surface area contributed by atoms with E-state index >= 15 is 0 Å². The Morgan fingerprint density at radius 2 is 1.63 bits per heavy atom. The van der Waals surface area contributed by atoms with Crippen LogP contribution in [0.3, 0.4) is 0 Å². The van der Waals surface area contributed by atoms with E-state index in [1.807, 2.05) is 42.5 Å². The normalized spacial score (nSPS) is 11.5. The van der Waals surface area contributed by atoms with Crippen LogP contribution in [0, 0.1) is 0 Å². The lowest BCUT2D eigenvalue weighted by atomic mass is 10.1. The van der Waals surface area contributed by atoms with Crippen LogP contribution >= 0.6 is 0 Å². The second-order valence-corrected chi connectivity index (χ2v) is 8.28. The lowest BCUT2D eigenvalue weighted by Gasteiger charge is -2.26. The smallest absolute Gasteiger partial charge is 0.264 e. The number of benzene rings is 2. The Morgan fingerprint density at radius 1 is 0.933 bits per heavy atom. The summed E-state index contributed by atoms with van der Waals surface area (Å²) in [5.41, 5.74) is 2.33. The van der Waals surface area contributed by atoms with Crippen molar-refractivity contribution >= 4 is 27.9 Å². The summed E-state index contributed by atoms with van der Waals surface area (Å²) >= 11 is 0. The van der Waals surface area contributed by atoms with Gasteiger partial charge in [0.25, 0.3) is 10.0 Å². The van der Waals surface area contributed by atoms with Crippen molar-refractivity contribution in [2.45, 2.75) is 4.90 Å². The molecule has 30 heavy (non-hydrogen) atoms. The zero-order chi connectivity index (χ0) is 21.4. The number of methoxy groups -OCH3 is 2. The maximum absolute atomic E-state index is 13.5. The molecule has 2 aromatic carbocycles. The lowest BCUT2D eigenvalue weighted by molar-refractivity contribution is 0.208. The highest BCUT2D eigenvalue weighted by molar-refractivity contribution is 7.92. The van der Waals surface area contributed by atoms with Gasteiger partial charge in [-0.1, -0.05) is 30.4 Å². The van der Waals surface area contributed by atoms with E-state index in [2.05, 4.69) is 4.98 Å². The van der Waals surface area contributed by atoms with Crippen molar-refractivity contribution in [1.29, 1.82) is 0 Å². The van der Waals surface area contributed by atoms with Gasteiger partial charge in [0.2, 0.25) is 0 Å². The topological polar surface area (TPSA) is 68.7 Å². The van der Waals surface area contributed by atoms with E-state index in [9.17, 15) is 8.42 Å². The van der Waals surface area contributed by atoms with Crippen LogP contribution in [-0.4, -0.2) is 40.8 Å². The average Bonchev–Trinajstić information content (AvgIpc) is 2.79. The molecule has 0 amide bonds. The van der Waals surface area contributed by atoms with Gasteiger partial charge in [0, 0.05) is 19.5 Å². The van der Waals surface area contributed by atoms with Gasteiger partial charge < -0.3 is 9.47 Å². The molecule has 0 unspecified atom stereocenters. The molecule has 0 aliphatic heterocycles. The molecule has 0 bridgehead atoms. The SMILES string of the molecule is COCCN(c1ccccc1/C=C/c1ccncc1)S(=O)(=O)c1ccc(OC)cc1. The summed E-state index contributed by atoms with van der Waals surface area (Å²) in [6.45, 7) is 0.447. The Balaban J connectivity index is 2.02. The van der Waals surface area contributed by atoms with Crippen molar-refractivity contribution < 1.29 is 17.9 Å². The first-order chi connectivity index (χ1) is 14.6. The molecule has 0 saturated heterocycles. The highest BCUT2D eigenvalue weighted by atomic mass is 32.2. The molecule has 7 heteroatoms. The number of rotatable bonds is 9. The molecule has 0 radical (unpaired) electrons. The van der Waals surface area contributed by atoms with Gasteiger partial charge in [0.1, 0.15) is 5.75 Å². The minimum Gasteiger partial charge on any atom is -0.497 e. The molecule has 3 rings (SSSR count). The van der Waals surface area contributed by atoms with Crippen LogP contribution in [0.4, 0.5) is 5.69 Å². The largest absolute Gasteiger partial charge is 0.497 e. The van der Waals surface area contributed by atoms with Gasteiger partial charge in [-0.15, -0.1) is 0 Å². The standard InChI is InChI=1S/C23H24N2O4S/c1-28-18-17-25(30(26,27)22-11-9-21(29-2)10-12-22)23-6-4-3-5-20(23)8-7-19-13-15-24-16-14-19/h3-16H,17-18H2,1-2H3/b8-7+. The van der Waals surface area contributed by atoms with Crippen molar-refractivity contribution in [3.63, 3.8) is 0 Å². The van der Waals surface area contributed by atoms with Crippen LogP contribution in [0.25, 0.3) is 12.2 Å². The number of ether oxygens (including phenoxy) is 2. The molecule has 3 aromatic rings. The van der Waals surface area contributed by atoms with Crippen molar-refractivity contribution in [2.75, 3.05) is 31.7 Å². The molecule has 0 fully saturated rings. The summed E-state index contributed by atoms with van der Waals surface area (Å²) in [4.78, 5) is 4.20. The summed E-state index contributed by atoms with van der Waals surface area (Å²) in [7, 11) is -0.712. The fourth-order valence-corrected chi connectivity index (χ4v) is 4.41. The molecular weight excluding hydrogens is 400 g/mol. The number of hydrogen-bond acceptors (Lipinski definition) is 5. The molecule has 1 aromatic heterocycles. The van der Waals surface area contributed by atoms with Crippen LogP contribution in [0.15, 0.2) is 78.0 Å². The fraction of sp³-hybridized carbons (Fsp3) is 0.174. The minimum atomic E-state index is -3.80. The van der Waals surface area contributed by atoms with E-state index in [0.717, 1.165) is 11.1 Å². The van der Waals surface area contributed by atoms with Crippen LogP contribution in [0.5, 0.6) is 5.75 Å². The van der Waals surface area contributed by atoms with Gasteiger partial charge in [-0.3, -0.25) is 9.29 Å². The number of aromatic nitrogens is 1. The first kappa shape index (κ1) is 21.5. The Labute approximate surface area is 177 Å². The van der Waals surface area contributed by atoms with Gasteiger partial charge in [-0.25, -0.2) is 8.42 Å². The van der Waals surface area contributed by atoms with Crippen LogP contribution in [-0.2, 0) is 14.8 Å². The summed E-state index contributed by atoms with van der Waals surface area (Å²) in [6, 6.07) is 17.5. The van der Waals surface area contributed by atoms with E-state index in [-0.39, 0.29) is 18.0 Å². The molecule has 0 aliphatic carbocycles. The predicted octanol–water partition coefficient (Wildman–Crippen LogP) is 4.10. The van der Waals surface area contributed by atoms with Gasteiger partial charge in [0.05, 0.1) is 30.8 Å². The molecule has 156 valence electrons. The average molecular weight is 425 g/mol. The van der Waals surface area contributed by atoms with Gasteiger partial charge in [-0.05, 0) is 53.6 Å². The first-order valence-corrected chi connectivity index (χ1v) is 10.8. The second-order valence-electron chi connectivity index (χ2n) is 6.42. The summed E-state index contributed by atoms with van der Waals surface area (Å²) in [5, 5.41) is 0. The summed E-state index contributed by atoms with van der Waals surface area (Å²) < 4.78 is 38.6. The summed E-state index contributed by atoms with van der Waals surface area (Å²) in [6.07, 6.45) is 7.25. The highest BCUT2D eigenvalue weighted by Crippen LogP contribution is 2.29. The van der Waals surface area contributed by atoms with Gasteiger partial charge in [-0.2, -0.15) is 0 Å². The number of sulfonamides is 1. The van der Waals surface area contributed by atoms with Crippen molar-refractivity contribution in [1.82, 2.24) is 4.98 Å². The Bertz CT molecular complexity index is 1080. The van der Waals surface area contributed by atoms with Crippen molar-refractivity contribution in [2.24, 2.45) is 0 Å². The van der Waals surface area contributed by atoms with Crippen molar-refractivity contribution in [3.05, 3.63) is 84.2 Å². The molecule has 0 atom stereocenters. The molecule has 0 spiro atoms. The third-order valence-corrected chi connectivity index (χ3v) is 6.34. The van der Waals surface area contributed by atoms with E-state index in [1.165, 1.54) is 4.31 Å². The highest BCUT2D eigenvalue weighted by Gasteiger charge is 2.26. The van der Waals surface area contributed by atoms with E-state index in [0.29, 0.717) is 11.4 Å². The predicted molar refractivity (Wildman–Crippen MR) is 119 cm³/mol. The number of para-hydroxylation sites is 1. The van der Waals surface area contributed by atoms with Crippen LogP contribution < -0.4 is 9.04 Å². The third kappa shape index (κ3) is 5.06. The zero-order valence-electron chi connectivity index (χ0n) is 16.9. The van der Waals surface area contributed by atoms with E-state index < -0.39 is 10.0 Å². The first-order valence-electron chi connectivity index (χ1n) is 9.39. The number of hydrogen-bond donors (Lipinski definition) is 0. The fourth-order valence-electron chi connectivity index (χ4n) is 2.94. The lowest BCUT2D eigenvalue weighted by Crippen LogP contribution is -2.34. The van der Waals surface area contributed by atoms with E-state index in [4.69, 9.17) is 9.47 Å². The van der Waals surface area contributed by atoms with Crippen molar-refractivity contribution in [3.8, 4) is 5.75 Å². The zero-order valence-corrected chi connectivity index (χ0v) is 17.7. The number of pyridine rings is 1. The molecule has 0 saturated carbocycles. The maximum atomic E-state index is 13.5. The number of nitrogens with zero attached hydrogens (tertiary/aromatic N) is 2. The maximum Gasteiger partial charge on any atom is 0.264 e. The molecular formula is C23H24N2O4S. The monoisotopic (exact) mass is 424 g/mol. The second kappa shape index (κ2) is 10.0. The molecule has 1 heterocycles. The Morgan fingerprint density at radius 3 is 2.30 bits per heavy atom. The minimum absolute atomic E-state index is 0.185. The Hall–Kier alpha value is -3.16. The van der Waals surface area contributed by atoms with Gasteiger partial charge in [0.15, 0.2) is 0 Å². The third-order valence-electron chi connectivity index (χ3n) is 4.51. The van der Waals surface area contributed by atoms with Crippen LogP contribution in [0.2, 0.25) is 0 Å². The van der Waals surface area contributed by atoms with Gasteiger partial charge >= 0.3 is 0 Å². The summed E-state index contributed by atoms with van der Waals surface area (Å²) in [5.74, 6) is 0.595.